The molecule has 0 radical (unpaired) electrons. The molecule has 1 aromatic carbocycles. The quantitative estimate of drug-likeness (QED) is 0.698. The topological polar surface area (TPSA) is 79.4 Å². The smallest absolute Gasteiger partial charge is 0.244 e. The van der Waals surface area contributed by atoms with E-state index in [1.807, 2.05) is 38.1 Å². The number of thioether (sulfide) groups is 1. The van der Waals surface area contributed by atoms with Gasteiger partial charge in [-0.05, 0) is 44.4 Å². The van der Waals surface area contributed by atoms with Crippen LogP contribution in [0.1, 0.15) is 30.9 Å². The number of carbonyl (C=O) groups excluding carboxylic acids is 1. The molecule has 1 atom stereocenters. The standard InChI is InChI=1S/C20H25N3O3S2/c1-15-5-7-17(8-6-15)13-22-20(24)16(2)27-19-10-9-18(14-21-19)28(25,26)23-11-3-4-12-23/h5-10,14,16H,3-4,11-13H2,1-2H3,(H,22,24). The van der Waals surface area contributed by atoms with E-state index in [1.165, 1.54) is 27.8 Å². The number of pyridine rings is 1. The SMILES string of the molecule is Cc1ccc(CNC(=O)C(C)Sc2ccc(S(=O)(=O)N3CCCC3)cn2)cc1. The van der Waals surface area contributed by atoms with Gasteiger partial charge in [-0.2, -0.15) is 4.31 Å². The molecule has 1 fully saturated rings. The summed E-state index contributed by atoms with van der Waals surface area (Å²) in [6, 6.07) is 11.3. The molecule has 1 saturated heterocycles. The van der Waals surface area contributed by atoms with Gasteiger partial charge in [0, 0.05) is 25.8 Å². The second kappa shape index (κ2) is 9.07. The third-order valence-electron chi connectivity index (χ3n) is 4.67. The van der Waals surface area contributed by atoms with Crippen LogP contribution < -0.4 is 5.32 Å². The van der Waals surface area contributed by atoms with Gasteiger partial charge in [0.05, 0.1) is 10.3 Å². The monoisotopic (exact) mass is 419 g/mol. The number of nitrogens with one attached hydrogen (secondary N) is 1. The van der Waals surface area contributed by atoms with Crippen molar-refractivity contribution in [1.29, 1.82) is 0 Å². The molecule has 28 heavy (non-hydrogen) atoms. The Morgan fingerprint density at radius 2 is 1.86 bits per heavy atom. The fourth-order valence-corrected chi connectivity index (χ4v) is 5.22. The maximum absolute atomic E-state index is 12.5. The van der Waals surface area contributed by atoms with E-state index in [2.05, 4.69) is 10.3 Å². The zero-order chi connectivity index (χ0) is 20.1. The molecular formula is C20H25N3O3S2. The highest BCUT2D eigenvalue weighted by atomic mass is 32.2. The Morgan fingerprint density at radius 1 is 1.18 bits per heavy atom. The van der Waals surface area contributed by atoms with Gasteiger partial charge in [0.25, 0.3) is 0 Å². The number of benzene rings is 1. The Balaban J connectivity index is 1.55. The van der Waals surface area contributed by atoms with Gasteiger partial charge in [0.15, 0.2) is 0 Å². The van der Waals surface area contributed by atoms with Gasteiger partial charge in [-0.3, -0.25) is 4.79 Å². The molecule has 3 rings (SSSR count). The normalized spacial score (nSPS) is 16.1. The molecule has 0 saturated carbocycles. The van der Waals surface area contributed by atoms with Crippen LogP contribution in [0.4, 0.5) is 0 Å². The molecule has 0 bridgehead atoms. The van der Waals surface area contributed by atoms with E-state index in [0.29, 0.717) is 24.7 Å². The Labute approximate surface area is 170 Å². The lowest BCUT2D eigenvalue weighted by Gasteiger charge is -2.15. The van der Waals surface area contributed by atoms with E-state index >= 15 is 0 Å². The molecule has 0 spiro atoms. The van der Waals surface area contributed by atoms with Gasteiger partial charge < -0.3 is 5.32 Å². The molecule has 1 unspecified atom stereocenters. The predicted molar refractivity (Wildman–Crippen MR) is 111 cm³/mol. The first-order valence-electron chi connectivity index (χ1n) is 9.32. The summed E-state index contributed by atoms with van der Waals surface area (Å²) < 4.78 is 26.6. The van der Waals surface area contributed by atoms with Gasteiger partial charge in [-0.25, -0.2) is 13.4 Å². The van der Waals surface area contributed by atoms with Crippen molar-refractivity contribution in [2.75, 3.05) is 13.1 Å². The molecule has 1 N–H and O–H groups in total. The van der Waals surface area contributed by atoms with Gasteiger partial charge in [0.2, 0.25) is 15.9 Å². The number of carbonyl (C=O) groups is 1. The molecule has 150 valence electrons. The highest BCUT2D eigenvalue weighted by Crippen LogP contribution is 2.25. The first kappa shape index (κ1) is 20.8. The second-order valence-corrected chi connectivity index (χ2v) is 10.2. The molecule has 2 aromatic rings. The largest absolute Gasteiger partial charge is 0.351 e. The van der Waals surface area contributed by atoms with Crippen molar-refractivity contribution in [1.82, 2.24) is 14.6 Å². The van der Waals surface area contributed by atoms with Crippen LogP contribution in [0.2, 0.25) is 0 Å². The first-order valence-corrected chi connectivity index (χ1v) is 11.6. The highest BCUT2D eigenvalue weighted by molar-refractivity contribution is 8.00. The van der Waals surface area contributed by atoms with E-state index in [4.69, 9.17) is 0 Å². The number of nitrogens with zero attached hydrogens (tertiary/aromatic N) is 2. The predicted octanol–water partition coefficient (Wildman–Crippen LogP) is 2.97. The molecular weight excluding hydrogens is 394 g/mol. The van der Waals surface area contributed by atoms with E-state index < -0.39 is 10.0 Å². The minimum atomic E-state index is -3.46. The van der Waals surface area contributed by atoms with Crippen LogP contribution in [-0.4, -0.2) is 42.0 Å². The lowest BCUT2D eigenvalue weighted by molar-refractivity contribution is -0.120. The van der Waals surface area contributed by atoms with Crippen molar-refractivity contribution in [3.63, 3.8) is 0 Å². The number of rotatable bonds is 7. The molecule has 2 heterocycles. The summed E-state index contributed by atoms with van der Waals surface area (Å²) in [5.74, 6) is -0.0823. The van der Waals surface area contributed by atoms with Crippen LogP contribution in [0.15, 0.2) is 52.5 Å². The molecule has 0 aliphatic carbocycles. The summed E-state index contributed by atoms with van der Waals surface area (Å²) >= 11 is 1.31. The average molecular weight is 420 g/mol. The van der Waals surface area contributed by atoms with E-state index in [-0.39, 0.29) is 16.1 Å². The molecule has 1 amide bonds. The number of sulfonamides is 1. The third kappa shape index (κ3) is 5.12. The van der Waals surface area contributed by atoms with Crippen LogP contribution in [0.25, 0.3) is 0 Å². The Bertz CT molecular complexity index is 907. The maximum atomic E-state index is 12.5. The van der Waals surface area contributed by atoms with Gasteiger partial charge in [-0.15, -0.1) is 0 Å². The van der Waals surface area contributed by atoms with Crippen LogP contribution in [0.5, 0.6) is 0 Å². The molecule has 1 aromatic heterocycles. The van der Waals surface area contributed by atoms with Crippen molar-refractivity contribution in [2.45, 2.75) is 48.4 Å². The Morgan fingerprint density at radius 3 is 2.46 bits per heavy atom. The lowest BCUT2D eigenvalue weighted by Crippen LogP contribution is -2.30. The van der Waals surface area contributed by atoms with E-state index in [0.717, 1.165) is 18.4 Å². The van der Waals surface area contributed by atoms with Gasteiger partial charge >= 0.3 is 0 Å². The summed E-state index contributed by atoms with van der Waals surface area (Å²) in [6.45, 7) is 5.44. The number of aromatic nitrogens is 1. The summed E-state index contributed by atoms with van der Waals surface area (Å²) in [7, 11) is -3.46. The number of amides is 1. The fourth-order valence-electron chi connectivity index (χ4n) is 2.94. The summed E-state index contributed by atoms with van der Waals surface area (Å²) in [5.41, 5.74) is 2.23. The van der Waals surface area contributed by atoms with Gasteiger partial charge in [0.1, 0.15) is 4.90 Å². The fraction of sp³-hybridized carbons (Fsp3) is 0.400. The second-order valence-electron chi connectivity index (χ2n) is 6.91. The van der Waals surface area contributed by atoms with Crippen molar-refractivity contribution in [3.8, 4) is 0 Å². The van der Waals surface area contributed by atoms with Crippen molar-refractivity contribution < 1.29 is 13.2 Å². The van der Waals surface area contributed by atoms with E-state index in [9.17, 15) is 13.2 Å². The highest BCUT2D eigenvalue weighted by Gasteiger charge is 2.27. The van der Waals surface area contributed by atoms with E-state index in [1.54, 1.807) is 12.1 Å². The Hall–Kier alpha value is -1.90. The van der Waals surface area contributed by atoms with Crippen LogP contribution in [-0.2, 0) is 21.4 Å². The average Bonchev–Trinajstić information content (AvgIpc) is 3.23. The first-order chi connectivity index (χ1) is 13.4. The van der Waals surface area contributed by atoms with Crippen molar-refractivity contribution >= 4 is 27.7 Å². The summed E-state index contributed by atoms with van der Waals surface area (Å²) in [4.78, 5) is 16.8. The van der Waals surface area contributed by atoms with Crippen LogP contribution in [0, 0.1) is 6.92 Å². The third-order valence-corrected chi connectivity index (χ3v) is 7.60. The summed E-state index contributed by atoms with van der Waals surface area (Å²) in [5, 5.41) is 3.21. The zero-order valence-corrected chi connectivity index (χ0v) is 17.7. The molecule has 1 aliphatic heterocycles. The number of hydrogen-bond acceptors (Lipinski definition) is 5. The molecule has 6 nitrogen and oxygen atoms in total. The van der Waals surface area contributed by atoms with Crippen molar-refractivity contribution in [2.24, 2.45) is 0 Å². The lowest BCUT2D eigenvalue weighted by atomic mass is 10.1. The molecule has 8 heteroatoms. The number of aryl methyl sites for hydroxylation is 1. The summed E-state index contributed by atoms with van der Waals surface area (Å²) in [6.07, 6.45) is 3.18. The minimum Gasteiger partial charge on any atom is -0.351 e. The maximum Gasteiger partial charge on any atom is 0.244 e. The number of hydrogen-bond donors (Lipinski definition) is 1. The molecule has 1 aliphatic rings. The Kier molecular flexibility index (Phi) is 6.74. The van der Waals surface area contributed by atoms with Crippen molar-refractivity contribution in [3.05, 3.63) is 53.7 Å². The zero-order valence-electron chi connectivity index (χ0n) is 16.1. The van der Waals surface area contributed by atoms with Crippen LogP contribution >= 0.6 is 11.8 Å². The van der Waals surface area contributed by atoms with Gasteiger partial charge in [-0.1, -0.05) is 41.6 Å². The van der Waals surface area contributed by atoms with Crippen LogP contribution in [0.3, 0.4) is 0 Å². The minimum absolute atomic E-state index is 0.0823.